The van der Waals surface area contributed by atoms with E-state index in [0.717, 1.165) is 16.6 Å². The van der Waals surface area contributed by atoms with Crippen LogP contribution < -0.4 is 10.1 Å². The van der Waals surface area contributed by atoms with Crippen LogP contribution in [0.3, 0.4) is 0 Å². The number of anilines is 1. The van der Waals surface area contributed by atoms with Gasteiger partial charge in [0.15, 0.2) is 5.69 Å². The highest BCUT2D eigenvalue weighted by molar-refractivity contribution is 6.09. The number of amides is 1. The van der Waals surface area contributed by atoms with Gasteiger partial charge in [0.05, 0.1) is 24.2 Å². The molecule has 0 aliphatic rings. The van der Waals surface area contributed by atoms with Gasteiger partial charge in [-0.25, -0.2) is 4.68 Å². The Hall–Kier alpha value is -3.74. The minimum Gasteiger partial charge on any atom is -0.494 e. The molecule has 140 valence electrons. The van der Waals surface area contributed by atoms with Crippen molar-refractivity contribution < 1.29 is 9.53 Å². The Morgan fingerprint density at radius 1 is 1.11 bits per heavy atom. The predicted molar refractivity (Wildman–Crippen MR) is 107 cm³/mol. The zero-order chi connectivity index (χ0) is 19.7. The summed E-state index contributed by atoms with van der Waals surface area (Å²) in [5, 5.41) is 12.0. The van der Waals surface area contributed by atoms with Crippen LogP contribution in [0, 0.1) is 13.8 Å². The van der Waals surface area contributed by atoms with Gasteiger partial charge in [0.1, 0.15) is 11.3 Å². The number of aromatic nitrogens is 4. The smallest absolute Gasteiger partial charge is 0.278 e. The van der Waals surface area contributed by atoms with Crippen molar-refractivity contribution in [2.75, 3.05) is 12.4 Å². The molecule has 1 amide bonds. The number of fused-ring (bicyclic) bond motifs is 1. The number of carbonyl (C=O) groups excluding carboxylic acids is 1. The molecule has 1 N–H and O–H groups in total. The Morgan fingerprint density at radius 2 is 1.96 bits per heavy atom. The normalized spacial score (nSPS) is 10.8. The fraction of sp³-hybridized carbons (Fsp3) is 0.143. The van der Waals surface area contributed by atoms with Crippen molar-refractivity contribution in [1.29, 1.82) is 0 Å². The fourth-order valence-electron chi connectivity index (χ4n) is 3.15. The number of benzene rings is 2. The summed E-state index contributed by atoms with van der Waals surface area (Å²) in [4.78, 5) is 17.2. The van der Waals surface area contributed by atoms with Crippen LogP contribution in [-0.4, -0.2) is 33.0 Å². The predicted octanol–water partition coefficient (Wildman–Crippen LogP) is 3.69. The van der Waals surface area contributed by atoms with E-state index in [1.54, 1.807) is 30.1 Å². The highest BCUT2D eigenvalue weighted by Crippen LogP contribution is 2.30. The summed E-state index contributed by atoms with van der Waals surface area (Å²) in [6.45, 7) is 3.83. The summed E-state index contributed by atoms with van der Waals surface area (Å²) >= 11 is 0. The van der Waals surface area contributed by atoms with Gasteiger partial charge in [-0.3, -0.25) is 9.78 Å². The fourth-order valence-corrected chi connectivity index (χ4v) is 3.15. The van der Waals surface area contributed by atoms with E-state index in [1.807, 2.05) is 50.2 Å². The first kappa shape index (κ1) is 17.7. The summed E-state index contributed by atoms with van der Waals surface area (Å²) in [6.07, 6.45) is 1.69. The second-order valence-electron chi connectivity index (χ2n) is 6.44. The number of pyridine rings is 1. The molecule has 0 fully saturated rings. The molecule has 0 spiro atoms. The lowest BCUT2D eigenvalue weighted by Crippen LogP contribution is -2.14. The molecule has 0 atom stereocenters. The van der Waals surface area contributed by atoms with E-state index in [0.29, 0.717) is 22.6 Å². The van der Waals surface area contributed by atoms with Gasteiger partial charge in [0.25, 0.3) is 5.91 Å². The van der Waals surface area contributed by atoms with Gasteiger partial charge in [-0.05, 0) is 55.8 Å². The number of carbonyl (C=O) groups is 1. The number of hydrogen-bond donors (Lipinski definition) is 1. The van der Waals surface area contributed by atoms with Gasteiger partial charge in [-0.15, -0.1) is 5.10 Å². The van der Waals surface area contributed by atoms with Crippen LogP contribution in [0.25, 0.3) is 16.6 Å². The first-order chi connectivity index (χ1) is 13.6. The number of ether oxygens (including phenoxy) is 1. The van der Waals surface area contributed by atoms with E-state index in [4.69, 9.17) is 4.74 Å². The topological polar surface area (TPSA) is 81.9 Å². The van der Waals surface area contributed by atoms with Crippen molar-refractivity contribution in [3.05, 3.63) is 71.7 Å². The zero-order valence-electron chi connectivity index (χ0n) is 15.8. The molecule has 0 radical (unpaired) electrons. The summed E-state index contributed by atoms with van der Waals surface area (Å²) < 4.78 is 7.01. The third kappa shape index (κ3) is 3.07. The molecule has 0 bridgehead atoms. The lowest BCUT2D eigenvalue weighted by molar-refractivity contribution is 0.102. The van der Waals surface area contributed by atoms with Gasteiger partial charge in [-0.1, -0.05) is 17.3 Å². The number of rotatable bonds is 4. The largest absolute Gasteiger partial charge is 0.494 e. The van der Waals surface area contributed by atoms with Crippen molar-refractivity contribution in [3.63, 3.8) is 0 Å². The quantitative estimate of drug-likeness (QED) is 0.590. The molecular formula is C21H19N5O2. The number of nitrogens with one attached hydrogen (secondary N) is 1. The van der Waals surface area contributed by atoms with E-state index in [9.17, 15) is 4.79 Å². The number of nitrogens with zero attached hydrogens (tertiary/aromatic N) is 4. The molecule has 7 nitrogen and oxygen atoms in total. The van der Waals surface area contributed by atoms with Crippen molar-refractivity contribution in [2.45, 2.75) is 13.8 Å². The summed E-state index contributed by atoms with van der Waals surface area (Å²) in [6, 6.07) is 15.1. The van der Waals surface area contributed by atoms with Gasteiger partial charge < -0.3 is 10.1 Å². The second kappa shape index (κ2) is 7.11. The van der Waals surface area contributed by atoms with Crippen LogP contribution >= 0.6 is 0 Å². The standard InChI is InChI=1S/C21H19N5O2/c1-13-6-4-7-15(12-13)26-14(2)19(24-25-26)21(27)23-17-9-10-18(28-3)20-16(17)8-5-11-22-20/h4-12H,1-3H3,(H,23,27). The molecule has 7 heteroatoms. The van der Waals surface area contributed by atoms with Crippen LogP contribution in [0.1, 0.15) is 21.7 Å². The Bertz CT molecular complexity index is 1180. The van der Waals surface area contributed by atoms with Crippen molar-refractivity contribution in [3.8, 4) is 11.4 Å². The van der Waals surface area contributed by atoms with Crippen LogP contribution in [-0.2, 0) is 0 Å². The minimum absolute atomic E-state index is 0.273. The summed E-state index contributed by atoms with van der Waals surface area (Å²) in [7, 11) is 1.59. The molecule has 0 saturated carbocycles. The molecule has 28 heavy (non-hydrogen) atoms. The van der Waals surface area contributed by atoms with Crippen molar-refractivity contribution >= 4 is 22.5 Å². The SMILES string of the molecule is COc1ccc(NC(=O)c2nnn(-c3cccc(C)c3)c2C)c2cccnc12. The zero-order valence-corrected chi connectivity index (χ0v) is 15.8. The van der Waals surface area contributed by atoms with Gasteiger partial charge in [0, 0.05) is 11.6 Å². The molecule has 0 saturated heterocycles. The number of aryl methyl sites for hydroxylation is 1. The van der Waals surface area contributed by atoms with E-state index in [2.05, 4.69) is 20.6 Å². The molecule has 4 rings (SSSR count). The average molecular weight is 373 g/mol. The monoisotopic (exact) mass is 373 g/mol. The van der Waals surface area contributed by atoms with Crippen LogP contribution in [0.15, 0.2) is 54.7 Å². The maximum Gasteiger partial charge on any atom is 0.278 e. The van der Waals surface area contributed by atoms with Crippen LogP contribution in [0.4, 0.5) is 5.69 Å². The number of hydrogen-bond acceptors (Lipinski definition) is 5. The highest BCUT2D eigenvalue weighted by Gasteiger charge is 2.19. The lowest BCUT2D eigenvalue weighted by atomic mass is 10.1. The van der Waals surface area contributed by atoms with E-state index >= 15 is 0 Å². The summed E-state index contributed by atoms with van der Waals surface area (Å²) in [5.41, 5.74) is 4.23. The van der Waals surface area contributed by atoms with E-state index < -0.39 is 0 Å². The maximum absolute atomic E-state index is 12.9. The Balaban J connectivity index is 1.68. The molecule has 4 aromatic rings. The molecule has 0 unspecified atom stereocenters. The Labute approximate surface area is 162 Å². The Morgan fingerprint density at radius 3 is 2.75 bits per heavy atom. The molecule has 2 heterocycles. The van der Waals surface area contributed by atoms with Gasteiger partial charge in [-0.2, -0.15) is 0 Å². The first-order valence-corrected chi connectivity index (χ1v) is 8.81. The van der Waals surface area contributed by atoms with E-state index in [-0.39, 0.29) is 11.6 Å². The molecule has 0 aliphatic carbocycles. The van der Waals surface area contributed by atoms with Crippen LogP contribution in [0.5, 0.6) is 5.75 Å². The van der Waals surface area contributed by atoms with Crippen molar-refractivity contribution in [1.82, 2.24) is 20.0 Å². The maximum atomic E-state index is 12.9. The first-order valence-electron chi connectivity index (χ1n) is 8.81. The third-order valence-corrected chi connectivity index (χ3v) is 4.56. The molecule has 2 aromatic carbocycles. The summed E-state index contributed by atoms with van der Waals surface area (Å²) in [5.74, 6) is 0.321. The average Bonchev–Trinajstić information content (AvgIpc) is 3.10. The minimum atomic E-state index is -0.327. The molecule has 2 aromatic heterocycles. The molecular weight excluding hydrogens is 354 g/mol. The highest BCUT2D eigenvalue weighted by atomic mass is 16.5. The van der Waals surface area contributed by atoms with Gasteiger partial charge >= 0.3 is 0 Å². The Kier molecular flexibility index (Phi) is 4.49. The third-order valence-electron chi connectivity index (χ3n) is 4.56. The number of methoxy groups -OCH3 is 1. The van der Waals surface area contributed by atoms with E-state index in [1.165, 1.54) is 0 Å². The second-order valence-corrected chi connectivity index (χ2v) is 6.44. The lowest BCUT2D eigenvalue weighted by Gasteiger charge is -2.10. The van der Waals surface area contributed by atoms with Crippen molar-refractivity contribution in [2.24, 2.45) is 0 Å². The molecule has 0 aliphatic heterocycles. The van der Waals surface area contributed by atoms with Crippen LogP contribution in [0.2, 0.25) is 0 Å². The van der Waals surface area contributed by atoms with Gasteiger partial charge in [0.2, 0.25) is 0 Å².